The highest BCUT2D eigenvalue weighted by Crippen LogP contribution is 2.21. The number of amides is 1. The van der Waals surface area contributed by atoms with Crippen LogP contribution in [0.15, 0.2) is 65.0 Å². The molecule has 0 spiro atoms. The molecular formula is C22H22N4O3S2. The number of rotatable bonds is 7. The number of anilines is 1. The summed E-state index contributed by atoms with van der Waals surface area (Å²) in [7, 11) is -3.90. The number of carbonyl (C=O) groups excluding carboxylic acids is 1. The van der Waals surface area contributed by atoms with Crippen LogP contribution < -0.4 is 10.0 Å². The minimum atomic E-state index is -3.90. The summed E-state index contributed by atoms with van der Waals surface area (Å²) in [5.41, 5.74) is 3.51. The van der Waals surface area contributed by atoms with Crippen molar-refractivity contribution in [1.82, 2.24) is 14.7 Å². The number of nitrogens with zero attached hydrogens (tertiary/aromatic N) is 1. The van der Waals surface area contributed by atoms with Crippen molar-refractivity contribution in [2.45, 2.75) is 31.2 Å². The number of sulfonamides is 1. The zero-order valence-corrected chi connectivity index (χ0v) is 18.7. The molecular weight excluding hydrogens is 432 g/mol. The van der Waals surface area contributed by atoms with E-state index >= 15 is 0 Å². The molecule has 0 saturated carbocycles. The Morgan fingerprint density at radius 2 is 1.87 bits per heavy atom. The first kappa shape index (κ1) is 21.2. The second-order valence-corrected chi connectivity index (χ2v) is 9.91. The number of fused-ring (bicyclic) bond motifs is 1. The summed E-state index contributed by atoms with van der Waals surface area (Å²) >= 11 is 1.30. The molecule has 0 radical (unpaired) electrons. The van der Waals surface area contributed by atoms with E-state index in [9.17, 15) is 13.2 Å². The Morgan fingerprint density at radius 1 is 1.13 bits per heavy atom. The lowest BCUT2D eigenvalue weighted by Crippen LogP contribution is -2.45. The third kappa shape index (κ3) is 4.84. The second kappa shape index (κ2) is 8.62. The predicted molar refractivity (Wildman–Crippen MR) is 123 cm³/mol. The van der Waals surface area contributed by atoms with Gasteiger partial charge in [-0.15, -0.1) is 11.3 Å². The highest BCUT2D eigenvalue weighted by Gasteiger charge is 2.27. The molecule has 2 aromatic carbocycles. The van der Waals surface area contributed by atoms with Gasteiger partial charge in [-0.3, -0.25) is 4.79 Å². The lowest BCUT2D eigenvalue weighted by atomic mass is 10.1. The van der Waals surface area contributed by atoms with Gasteiger partial charge in [0.15, 0.2) is 5.13 Å². The average molecular weight is 455 g/mol. The van der Waals surface area contributed by atoms with Gasteiger partial charge in [0.1, 0.15) is 6.04 Å². The van der Waals surface area contributed by atoms with Crippen molar-refractivity contribution in [1.29, 1.82) is 0 Å². The fourth-order valence-corrected chi connectivity index (χ4v) is 5.17. The van der Waals surface area contributed by atoms with Crippen molar-refractivity contribution in [2.75, 3.05) is 5.32 Å². The molecule has 0 saturated heterocycles. The fraction of sp³-hybridized carbons (Fsp3) is 0.182. The van der Waals surface area contributed by atoms with Crippen LogP contribution >= 0.6 is 11.3 Å². The number of hydrogen-bond donors (Lipinski definition) is 3. The molecule has 0 fully saturated rings. The van der Waals surface area contributed by atoms with Gasteiger partial charge in [-0.1, -0.05) is 35.9 Å². The highest BCUT2D eigenvalue weighted by molar-refractivity contribution is 7.89. The van der Waals surface area contributed by atoms with E-state index in [0.29, 0.717) is 5.13 Å². The lowest BCUT2D eigenvalue weighted by Gasteiger charge is -2.18. The molecule has 31 heavy (non-hydrogen) atoms. The number of benzene rings is 2. The van der Waals surface area contributed by atoms with Crippen LogP contribution in [0.2, 0.25) is 0 Å². The Balaban J connectivity index is 1.64. The maximum absolute atomic E-state index is 13.1. The molecule has 7 nitrogen and oxygen atoms in total. The number of aromatic amines is 1. The van der Waals surface area contributed by atoms with Crippen molar-refractivity contribution in [3.8, 4) is 0 Å². The fourth-order valence-electron chi connectivity index (χ4n) is 3.28. The Morgan fingerprint density at radius 3 is 2.58 bits per heavy atom. The highest BCUT2D eigenvalue weighted by atomic mass is 32.2. The van der Waals surface area contributed by atoms with E-state index in [0.717, 1.165) is 27.7 Å². The van der Waals surface area contributed by atoms with Gasteiger partial charge in [0, 0.05) is 22.5 Å². The van der Waals surface area contributed by atoms with E-state index in [4.69, 9.17) is 0 Å². The van der Waals surface area contributed by atoms with Crippen molar-refractivity contribution in [2.24, 2.45) is 0 Å². The summed E-state index contributed by atoms with van der Waals surface area (Å²) in [4.78, 5) is 20.6. The summed E-state index contributed by atoms with van der Waals surface area (Å²) in [6.07, 6.45) is 1.99. The summed E-state index contributed by atoms with van der Waals surface area (Å²) in [5.74, 6) is -0.463. The van der Waals surface area contributed by atoms with E-state index in [-0.39, 0.29) is 11.3 Å². The number of H-pyrrole nitrogens is 1. The molecule has 1 unspecified atom stereocenters. The standard InChI is InChI=1S/C22H22N4O3S2/c1-14-7-9-17(10-8-14)31(28,29)26-20(21(27)25-22-24-15(2)13-30-22)11-16-12-23-19-6-4-3-5-18(16)19/h3-10,12-13,20,23,26H,11H2,1-2H3,(H,24,25,27). The molecule has 4 aromatic rings. The smallest absolute Gasteiger partial charge is 0.244 e. The van der Waals surface area contributed by atoms with E-state index < -0.39 is 22.0 Å². The van der Waals surface area contributed by atoms with Crippen LogP contribution in [-0.4, -0.2) is 30.3 Å². The Labute approximate surface area is 184 Å². The van der Waals surface area contributed by atoms with Crippen molar-refractivity contribution < 1.29 is 13.2 Å². The summed E-state index contributed by atoms with van der Waals surface area (Å²) in [6, 6.07) is 13.2. The summed E-state index contributed by atoms with van der Waals surface area (Å²) in [6.45, 7) is 3.71. The minimum absolute atomic E-state index is 0.111. The molecule has 0 bridgehead atoms. The minimum Gasteiger partial charge on any atom is -0.361 e. The van der Waals surface area contributed by atoms with Crippen LogP contribution in [0, 0.1) is 13.8 Å². The molecule has 2 aromatic heterocycles. The van der Waals surface area contributed by atoms with Crippen molar-refractivity contribution >= 4 is 43.3 Å². The van der Waals surface area contributed by atoms with Gasteiger partial charge in [-0.2, -0.15) is 4.72 Å². The first-order valence-electron chi connectivity index (χ1n) is 9.69. The Bertz CT molecular complexity index is 1320. The van der Waals surface area contributed by atoms with Crippen LogP contribution in [0.4, 0.5) is 5.13 Å². The molecule has 3 N–H and O–H groups in total. The lowest BCUT2D eigenvalue weighted by molar-refractivity contribution is -0.117. The van der Waals surface area contributed by atoms with Crippen LogP contribution in [0.25, 0.3) is 10.9 Å². The second-order valence-electron chi connectivity index (χ2n) is 7.33. The summed E-state index contributed by atoms with van der Waals surface area (Å²) in [5, 5.41) is 5.93. The van der Waals surface area contributed by atoms with Crippen LogP contribution in [-0.2, 0) is 21.2 Å². The maximum Gasteiger partial charge on any atom is 0.244 e. The van der Waals surface area contributed by atoms with Crippen molar-refractivity contribution in [3.05, 3.63) is 76.9 Å². The molecule has 0 aliphatic heterocycles. The van der Waals surface area contributed by atoms with Gasteiger partial charge in [0.25, 0.3) is 0 Å². The normalized spacial score (nSPS) is 12.7. The largest absolute Gasteiger partial charge is 0.361 e. The first-order valence-corrected chi connectivity index (χ1v) is 12.0. The van der Waals surface area contributed by atoms with Gasteiger partial charge in [-0.05, 0) is 44.0 Å². The number of nitrogens with one attached hydrogen (secondary N) is 3. The Kier molecular flexibility index (Phi) is 5.90. The quantitative estimate of drug-likeness (QED) is 0.395. The van der Waals surface area contributed by atoms with Gasteiger partial charge in [-0.25, -0.2) is 13.4 Å². The molecule has 0 aliphatic carbocycles. The zero-order chi connectivity index (χ0) is 22.0. The summed E-state index contributed by atoms with van der Waals surface area (Å²) < 4.78 is 28.6. The molecule has 2 heterocycles. The molecule has 0 aliphatic rings. The molecule has 1 amide bonds. The molecule has 4 rings (SSSR count). The third-order valence-electron chi connectivity index (χ3n) is 4.89. The number of para-hydroxylation sites is 1. The van der Waals surface area contributed by atoms with Gasteiger partial charge in [0.05, 0.1) is 10.6 Å². The average Bonchev–Trinajstić information content (AvgIpc) is 3.33. The first-order chi connectivity index (χ1) is 14.8. The molecule has 160 valence electrons. The predicted octanol–water partition coefficient (Wildman–Crippen LogP) is 3.77. The van der Waals surface area contributed by atoms with Crippen LogP contribution in [0.3, 0.4) is 0 Å². The molecule has 1 atom stereocenters. The third-order valence-corrected chi connectivity index (χ3v) is 7.26. The monoisotopic (exact) mass is 454 g/mol. The SMILES string of the molecule is Cc1ccc(S(=O)(=O)NC(Cc2c[nH]c3ccccc23)C(=O)Nc2nc(C)cs2)cc1. The number of carbonyl (C=O) groups is 1. The number of aryl methyl sites for hydroxylation is 2. The zero-order valence-electron chi connectivity index (χ0n) is 17.0. The van der Waals surface area contributed by atoms with Crippen molar-refractivity contribution in [3.63, 3.8) is 0 Å². The van der Waals surface area contributed by atoms with Gasteiger partial charge < -0.3 is 10.3 Å². The maximum atomic E-state index is 13.1. The van der Waals surface area contributed by atoms with Crippen LogP contribution in [0.1, 0.15) is 16.8 Å². The number of aromatic nitrogens is 2. The van der Waals surface area contributed by atoms with E-state index in [1.807, 2.05) is 43.5 Å². The number of hydrogen-bond acceptors (Lipinski definition) is 5. The topological polar surface area (TPSA) is 104 Å². The molecule has 9 heteroatoms. The van der Waals surface area contributed by atoms with Crippen LogP contribution in [0.5, 0.6) is 0 Å². The van der Waals surface area contributed by atoms with E-state index in [1.54, 1.807) is 18.3 Å². The van der Waals surface area contributed by atoms with Gasteiger partial charge in [0.2, 0.25) is 15.9 Å². The Hall–Kier alpha value is -3.01. The van der Waals surface area contributed by atoms with Gasteiger partial charge >= 0.3 is 0 Å². The number of thiazole rings is 1. The van der Waals surface area contributed by atoms with E-state index in [2.05, 4.69) is 20.0 Å². The van der Waals surface area contributed by atoms with E-state index in [1.165, 1.54) is 23.5 Å².